The molecule has 0 bridgehead atoms. The molecular weight excluding hydrogens is 230 g/mol. The van der Waals surface area contributed by atoms with Crippen LogP contribution in [0.2, 0.25) is 0 Å². The number of anilines is 2. The quantitative estimate of drug-likeness (QED) is 0.812. The van der Waals surface area contributed by atoms with Gasteiger partial charge in [-0.2, -0.15) is 0 Å². The van der Waals surface area contributed by atoms with Crippen molar-refractivity contribution in [1.82, 2.24) is 4.98 Å². The monoisotopic (exact) mass is 249 g/mol. The van der Waals surface area contributed by atoms with Crippen molar-refractivity contribution in [3.8, 4) is 0 Å². The van der Waals surface area contributed by atoms with Crippen LogP contribution in [0, 0.1) is 5.92 Å². The summed E-state index contributed by atoms with van der Waals surface area (Å²) in [6.45, 7) is 6.67. The number of fused-ring (bicyclic) bond motifs is 1. The van der Waals surface area contributed by atoms with Crippen molar-refractivity contribution in [2.45, 2.75) is 33.2 Å². The highest BCUT2D eigenvalue weighted by molar-refractivity contribution is 7.22. The van der Waals surface area contributed by atoms with E-state index in [1.807, 2.05) is 18.2 Å². The second kappa shape index (κ2) is 4.92. The van der Waals surface area contributed by atoms with Gasteiger partial charge in [-0.15, -0.1) is 0 Å². The number of hydrogen-bond acceptors (Lipinski definition) is 4. The topological polar surface area (TPSA) is 50.9 Å². The van der Waals surface area contributed by atoms with Gasteiger partial charge in [0.1, 0.15) is 0 Å². The molecule has 3 nitrogen and oxygen atoms in total. The molecule has 0 aliphatic carbocycles. The molecule has 1 heterocycles. The maximum Gasteiger partial charge on any atom is 0.184 e. The van der Waals surface area contributed by atoms with Gasteiger partial charge in [-0.3, -0.25) is 0 Å². The van der Waals surface area contributed by atoms with Gasteiger partial charge in [0.15, 0.2) is 5.13 Å². The summed E-state index contributed by atoms with van der Waals surface area (Å²) in [4.78, 5) is 4.56. The molecule has 2 aromatic rings. The zero-order valence-corrected chi connectivity index (χ0v) is 11.3. The molecule has 0 saturated carbocycles. The van der Waals surface area contributed by atoms with Crippen molar-refractivity contribution in [1.29, 1.82) is 0 Å². The minimum Gasteiger partial charge on any atom is -0.399 e. The zero-order chi connectivity index (χ0) is 12.4. The summed E-state index contributed by atoms with van der Waals surface area (Å²) in [5.41, 5.74) is 7.57. The van der Waals surface area contributed by atoms with Crippen LogP contribution in [-0.2, 0) is 0 Å². The fourth-order valence-electron chi connectivity index (χ4n) is 1.69. The van der Waals surface area contributed by atoms with Gasteiger partial charge < -0.3 is 11.1 Å². The third-order valence-corrected chi connectivity index (χ3v) is 4.21. The fraction of sp³-hybridized carbons (Fsp3) is 0.462. The van der Waals surface area contributed by atoms with Crippen molar-refractivity contribution in [3.05, 3.63) is 18.2 Å². The van der Waals surface area contributed by atoms with E-state index < -0.39 is 0 Å². The van der Waals surface area contributed by atoms with E-state index in [9.17, 15) is 0 Å². The molecule has 0 aliphatic rings. The summed E-state index contributed by atoms with van der Waals surface area (Å²) in [6.07, 6.45) is 1.17. The number of nitrogen functional groups attached to an aromatic ring is 1. The molecule has 0 radical (unpaired) electrons. The lowest BCUT2D eigenvalue weighted by molar-refractivity contribution is 0.494. The van der Waals surface area contributed by atoms with Gasteiger partial charge in [-0.05, 0) is 31.0 Å². The molecule has 0 aliphatic heterocycles. The smallest absolute Gasteiger partial charge is 0.184 e. The van der Waals surface area contributed by atoms with Crippen LogP contribution in [0.1, 0.15) is 27.2 Å². The Balaban J connectivity index is 2.19. The lowest BCUT2D eigenvalue weighted by Crippen LogP contribution is -2.22. The second-order valence-corrected chi connectivity index (χ2v) is 5.60. The molecule has 1 aromatic heterocycles. The Labute approximate surface area is 106 Å². The predicted octanol–water partition coefficient (Wildman–Crippen LogP) is 3.73. The van der Waals surface area contributed by atoms with Gasteiger partial charge in [-0.25, -0.2) is 4.98 Å². The molecule has 92 valence electrons. The Morgan fingerprint density at radius 3 is 2.88 bits per heavy atom. The average Bonchev–Trinajstić information content (AvgIpc) is 2.69. The zero-order valence-electron chi connectivity index (χ0n) is 10.5. The van der Waals surface area contributed by atoms with E-state index in [-0.39, 0.29) is 0 Å². The van der Waals surface area contributed by atoms with Crippen LogP contribution in [-0.4, -0.2) is 11.0 Å². The van der Waals surface area contributed by atoms with E-state index >= 15 is 0 Å². The number of nitrogens with two attached hydrogens (primary N) is 1. The maximum atomic E-state index is 5.76. The minimum absolute atomic E-state index is 0.443. The van der Waals surface area contributed by atoms with E-state index in [1.54, 1.807) is 11.3 Å². The second-order valence-electron chi connectivity index (χ2n) is 4.56. The predicted molar refractivity (Wildman–Crippen MR) is 76.6 cm³/mol. The first-order valence-corrected chi connectivity index (χ1v) is 6.84. The lowest BCUT2D eigenvalue weighted by Gasteiger charge is -2.18. The van der Waals surface area contributed by atoms with Gasteiger partial charge >= 0.3 is 0 Å². The third-order valence-electron chi connectivity index (χ3n) is 3.26. The molecule has 2 atom stereocenters. The Hall–Kier alpha value is -1.29. The highest BCUT2D eigenvalue weighted by Gasteiger charge is 2.12. The lowest BCUT2D eigenvalue weighted by atomic mass is 10.0. The highest BCUT2D eigenvalue weighted by Crippen LogP contribution is 2.28. The number of nitrogens with zero attached hydrogens (tertiary/aromatic N) is 1. The van der Waals surface area contributed by atoms with Crippen LogP contribution in [0.4, 0.5) is 10.8 Å². The van der Waals surface area contributed by atoms with Gasteiger partial charge in [-0.1, -0.05) is 31.6 Å². The molecule has 3 N–H and O–H groups in total. The molecule has 0 saturated heterocycles. The van der Waals surface area contributed by atoms with Gasteiger partial charge in [0.05, 0.1) is 10.2 Å². The van der Waals surface area contributed by atoms with Crippen LogP contribution in [0.5, 0.6) is 0 Å². The Kier molecular flexibility index (Phi) is 3.52. The first kappa shape index (κ1) is 12.2. The molecule has 4 heteroatoms. The number of hydrogen-bond donors (Lipinski definition) is 2. The standard InChI is InChI=1S/C13H19N3S/c1-4-8(2)9(3)15-13-16-11-6-5-10(14)7-12(11)17-13/h5-9H,4,14H2,1-3H3,(H,15,16). The van der Waals surface area contributed by atoms with Gasteiger partial charge in [0, 0.05) is 11.7 Å². The summed E-state index contributed by atoms with van der Waals surface area (Å²) in [5, 5.41) is 4.45. The summed E-state index contributed by atoms with van der Waals surface area (Å²) in [5.74, 6) is 0.645. The SMILES string of the molecule is CCC(C)C(C)Nc1nc2ccc(N)cc2s1. The Morgan fingerprint density at radius 2 is 2.18 bits per heavy atom. The van der Waals surface area contributed by atoms with E-state index in [1.165, 1.54) is 6.42 Å². The van der Waals surface area contributed by atoms with E-state index in [4.69, 9.17) is 5.73 Å². The van der Waals surface area contributed by atoms with E-state index in [0.717, 1.165) is 21.0 Å². The number of aromatic nitrogens is 1. The molecule has 2 unspecified atom stereocenters. The largest absolute Gasteiger partial charge is 0.399 e. The van der Waals surface area contributed by atoms with E-state index in [2.05, 4.69) is 31.1 Å². The van der Waals surface area contributed by atoms with Crippen LogP contribution in [0.25, 0.3) is 10.2 Å². The number of thiazole rings is 1. The average molecular weight is 249 g/mol. The van der Waals surface area contributed by atoms with Crippen molar-refractivity contribution < 1.29 is 0 Å². The van der Waals surface area contributed by atoms with Crippen molar-refractivity contribution >= 4 is 32.4 Å². The Bertz CT molecular complexity index is 506. The normalized spacial score (nSPS) is 14.8. The van der Waals surface area contributed by atoms with Crippen LogP contribution >= 0.6 is 11.3 Å². The highest BCUT2D eigenvalue weighted by atomic mass is 32.1. The van der Waals surface area contributed by atoms with Crippen LogP contribution in [0.15, 0.2) is 18.2 Å². The van der Waals surface area contributed by atoms with Crippen LogP contribution < -0.4 is 11.1 Å². The summed E-state index contributed by atoms with van der Waals surface area (Å²) in [6, 6.07) is 6.29. The molecule has 2 rings (SSSR count). The first-order chi connectivity index (χ1) is 8.10. The first-order valence-electron chi connectivity index (χ1n) is 6.02. The fourth-order valence-corrected chi connectivity index (χ4v) is 2.70. The molecule has 0 fully saturated rings. The molecule has 17 heavy (non-hydrogen) atoms. The summed E-state index contributed by atoms with van der Waals surface area (Å²) in [7, 11) is 0. The Morgan fingerprint density at radius 1 is 1.41 bits per heavy atom. The van der Waals surface area contributed by atoms with Crippen LogP contribution in [0.3, 0.4) is 0 Å². The van der Waals surface area contributed by atoms with Gasteiger partial charge in [0.25, 0.3) is 0 Å². The van der Waals surface area contributed by atoms with Crippen molar-refractivity contribution in [3.63, 3.8) is 0 Å². The molecule has 1 aromatic carbocycles. The molecule has 0 spiro atoms. The number of nitrogens with one attached hydrogen (secondary N) is 1. The minimum atomic E-state index is 0.443. The number of benzene rings is 1. The molecular formula is C13H19N3S. The maximum absolute atomic E-state index is 5.76. The third kappa shape index (κ3) is 2.69. The number of rotatable bonds is 4. The van der Waals surface area contributed by atoms with Gasteiger partial charge in [0.2, 0.25) is 0 Å². The van der Waals surface area contributed by atoms with Crippen molar-refractivity contribution in [2.24, 2.45) is 5.92 Å². The molecule has 0 amide bonds. The van der Waals surface area contributed by atoms with E-state index in [0.29, 0.717) is 12.0 Å². The van der Waals surface area contributed by atoms with Crippen molar-refractivity contribution in [2.75, 3.05) is 11.1 Å². The summed E-state index contributed by atoms with van der Waals surface area (Å²) >= 11 is 1.67. The summed E-state index contributed by atoms with van der Waals surface area (Å²) < 4.78 is 1.14.